The average Bonchev–Trinajstić information content (AvgIpc) is 2.66. The molecule has 1 heterocycles. The molecule has 1 atom stereocenters. The molecule has 3 N–H and O–H groups in total. The molecule has 0 saturated heterocycles. The molecule has 0 radical (unpaired) electrons. The standard InChI is InChI=1S/C11H12O5/c1-11(15,7-13)5-4-8(6-12)9-2-3-10(14)16-9/h2-3,12-13,15H,6-7H2,1H3/b9-8+/t11-/m1/s1. The fourth-order valence-electron chi connectivity index (χ4n) is 0.911. The zero-order valence-corrected chi connectivity index (χ0v) is 8.73. The van der Waals surface area contributed by atoms with Gasteiger partial charge in [0.2, 0.25) is 0 Å². The summed E-state index contributed by atoms with van der Waals surface area (Å²) in [5.74, 6) is 4.46. The molecule has 5 nitrogen and oxygen atoms in total. The fraction of sp³-hybridized carbons (Fsp3) is 0.364. The number of carbonyl (C=O) groups excluding carboxylic acids is 1. The Morgan fingerprint density at radius 3 is 2.62 bits per heavy atom. The van der Waals surface area contributed by atoms with E-state index >= 15 is 0 Å². The third kappa shape index (κ3) is 3.21. The van der Waals surface area contributed by atoms with Gasteiger partial charge >= 0.3 is 5.97 Å². The first-order valence-electron chi connectivity index (χ1n) is 4.59. The highest BCUT2D eigenvalue weighted by molar-refractivity contribution is 5.86. The predicted octanol–water partition coefficient (Wildman–Crippen LogP) is -0.908. The number of hydrogen-bond donors (Lipinski definition) is 3. The van der Waals surface area contributed by atoms with Crippen LogP contribution in [-0.2, 0) is 9.53 Å². The normalized spacial score (nSPS) is 20.9. The summed E-state index contributed by atoms with van der Waals surface area (Å²) in [5, 5.41) is 27.2. The maximum Gasteiger partial charge on any atom is 0.336 e. The highest BCUT2D eigenvalue weighted by Gasteiger charge is 2.16. The van der Waals surface area contributed by atoms with Crippen LogP contribution in [0.1, 0.15) is 6.92 Å². The topological polar surface area (TPSA) is 87.0 Å². The van der Waals surface area contributed by atoms with Gasteiger partial charge in [-0.25, -0.2) is 4.79 Å². The van der Waals surface area contributed by atoms with Crippen LogP contribution in [0, 0.1) is 11.8 Å². The number of allylic oxidation sites excluding steroid dienone is 1. The lowest BCUT2D eigenvalue weighted by Gasteiger charge is -2.11. The van der Waals surface area contributed by atoms with Gasteiger partial charge in [-0.05, 0) is 13.0 Å². The van der Waals surface area contributed by atoms with E-state index in [1.807, 2.05) is 0 Å². The van der Waals surface area contributed by atoms with E-state index in [0.29, 0.717) is 0 Å². The molecule has 0 bridgehead atoms. The fourth-order valence-corrected chi connectivity index (χ4v) is 0.911. The number of aliphatic hydroxyl groups excluding tert-OH is 2. The van der Waals surface area contributed by atoms with E-state index < -0.39 is 24.8 Å². The van der Waals surface area contributed by atoms with Gasteiger partial charge in [-0.2, -0.15) is 0 Å². The van der Waals surface area contributed by atoms with Crippen LogP contribution >= 0.6 is 0 Å². The molecule has 0 amide bonds. The van der Waals surface area contributed by atoms with Crippen LogP contribution < -0.4 is 0 Å². The average molecular weight is 224 g/mol. The number of hydrogen-bond acceptors (Lipinski definition) is 5. The van der Waals surface area contributed by atoms with E-state index in [9.17, 15) is 9.90 Å². The highest BCUT2D eigenvalue weighted by atomic mass is 16.5. The quantitative estimate of drug-likeness (QED) is 0.417. The van der Waals surface area contributed by atoms with Crippen molar-refractivity contribution in [3.63, 3.8) is 0 Å². The van der Waals surface area contributed by atoms with Crippen LogP contribution in [0.5, 0.6) is 0 Å². The van der Waals surface area contributed by atoms with Crippen molar-refractivity contribution in [1.82, 2.24) is 0 Å². The molecular formula is C11H12O5. The number of cyclic esters (lactones) is 1. The summed E-state index contributed by atoms with van der Waals surface area (Å²) in [5.41, 5.74) is -1.37. The van der Waals surface area contributed by atoms with Gasteiger partial charge < -0.3 is 20.1 Å². The molecule has 1 rings (SSSR count). The molecule has 1 aliphatic heterocycles. The maximum absolute atomic E-state index is 10.8. The van der Waals surface area contributed by atoms with Crippen molar-refractivity contribution in [2.24, 2.45) is 0 Å². The van der Waals surface area contributed by atoms with E-state index in [-0.39, 0.29) is 11.3 Å². The molecule has 0 aliphatic carbocycles. The molecule has 0 aromatic rings. The summed E-state index contributed by atoms with van der Waals surface area (Å²) in [6.45, 7) is 0.390. The Morgan fingerprint density at radius 1 is 1.50 bits per heavy atom. The molecule has 5 heteroatoms. The van der Waals surface area contributed by atoms with Gasteiger partial charge in [0.25, 0.3) is 0 Å². The Kier molecular flexibility index (Phi) is 3.85. The van der Waals surface area contributed by atoms with Crippen molar-refractivity contribution in [1.29, 1.82) is 0 Å². The van der Waals surface area contributed by atoms with Gasteiger partial charge in [-0.1, -0.05) is 11.8 Å². The van der Waals surface area contributed by atoms with E-state index in [4.69, 9.17) is 14.9 Å². The number of aliphatic hydroxyl groups is 3. The van der Waals surface area contributed by atoms with Crippen molar-refractivity contribution in [2.75, 3.05) is 13.2 Å². The summed E-state index contributed by atoms with van der Waals surface area (Å²) in [4.78, 5) is 10.8. The van der Waals surface area contributed by atoms with Crippen molar-refractivity contribution >= 4 is 5.97 Å². The summed E-state index contributed by atoms with van der Waals surface area (Å²) in [6.07, 6.45) is 2.59. The van der Waals surface area contributed by atoms with Crippen molar-refractivity contribution in [2.45, 2.75) is 12.5 Å². The summed E-state index contributed by atoms with van der Waals surface area (Å²) < 4.78 is 4.74. The summed E-state index contributed by atoms with van der Waals surface area (Å²) in [6, 6.07) is 0. The minimum Gasteiger partial charge on any atom is -0.422 e. The van der Waals surface area contributed by atoms with Gasteiger partial charge in [-0.15, -0.1) is 0 Å². The first kappa shape index (κ1) is 12.5. The lowest BCUT2D eigenvalue weighted by molar-refractivity contribution is -0.132. The molecular weight excluding hydrogens is 212 g/mol. The second-order valence-electron chi connectivity index (χ2n) is 3.44. The molecule has 0 aromatic carbocycles. The Bertz CT molecular complexity index is 406. The van der Waals surface area contributed by atoms with Crippen molar-refractivity contribution in [3.05, 3.63) is 23.5 Å². The maximum atomic E-state index is 10.8. The van der Waals surface area contributed by atoms with Gasteiger partial charge in [-0.3, -0.25) is 0 Å². The number of carbonyl (C=O) groups is 1. The second kappa shape index (κ2) is 4.94. The predicted molar refractivity (Wildman–Crippen MR) is 54.8 cm³/mol. The third-order valence-electron chi connectivity index (χ3n) is 1.83. The Balaban J connectivity index is 2.93. The summed E-state index contributed by atoms with van der Waals surface area (Å²) >= 11 is 0. The van der Waals surface area contributed by atoms with Crippen LogP contribution in [0.2, 0.25) is 0 Å². The monoisotopic (exact) mass is 224 g/mol. The van der Waals surface area contributed by atoms with Crippen LogP contribution in [0.25, 0.3) is 0 Å². The van der Waals surface area contributed by atoms with E-state index in [1.54, 1.807) is 0 Å². The zero-order chi connectivity index (χ0) is 12.2. The lowest BCUT2D eigenvalue weighted by Crippen LogP contribution is -2.26. The highest BCUT2D eigenvalue weighted by Crippen LogP contribution is 2.14. The van der Waals surface area contributed by atoms with Crippen LogP contribution in [0.3, 0.4) is 0 Å². The van der Waals surface area contributed by atoms with Crippen LogP contribution in [-0.4, -0.2) is 40.1 Å². The molecule has 0 spiro atoms. The van der Waals surface area contributed by atoms with E-state index in [1.165, 1.54) is 19.1 Å². The van der Waals surface area contributed by atoms with E-state index in [2.05, 4.69) is 11.8 Å². The third-order valence-corrected chi connectivity index (χ3v) is 1.83. The van der Waals surface area contributed by atoms with Crippen LogP contribution in [0.15, 0.2) is 23.5 Å². The molecule has 0 unspecified atom stereocenters. The molecule has 16 heavy (non-hydrogen) atoms. The number of rotatable bonds is 2. The first-order chi connectivity index (χ1) is 7.48. The molecule has 86 valence electrons. The van der Waals surface area contributed by atoms with Crippen molar-refractivity contribution < 1.29 is 24.9 Å². The van der Waals surface area contributed by atoms with Crippen LogP contribution in [0.4, 0.5) is 0 Å². The Hall–Kier alpha value is -1.61. The minimum atomic E-state index is -1.55. The zero-order valence-electron chi connectivity index (χ0n) is 8.73. The molecule has 1 aliphatic rings. The smallest absolute Gasteiger partial charge is 0.336 e. The molecule has 0 saturated carbocycles. The number of ether oxygens (including phenoxy) is 1. The van der Waals surface area contributed by atoms with E-state index in [0.717, 1.165) is 0 Å². The Labute approximate surface area is 92.7 Å². The first-order valence-corrected chi connectivity index (χ1v) is 4.59. The molecule has 0 aromatic heterocycles. The number of esters is 1. The summed E-state index contributed by atoms with van der Waals surface area (Å²) in [7, 11) is 0. The Morgan fingerprint density at radius 2 is 2.19 bits per heavy atom. The lowest BCUT2D eigenvalue weighted by atomic mass is 10.1. The minimum absolute atomic E-state index is 0.161. The molecule has 0 fully saturated rings. The second-order valence-corrected chi connectivity index (χ2v) is 3.44. The largest absolute Gasteiger partial charge is 0.422 e. The van der Waals surface area contributed by atoms with Gasteiger partial charge in [0.05, 0.1) is 18.8 Å². The SMILES string of the molecule is C[C@@](O)(C#C/C(CO)=C1/C=CC(=O)O1)CO. The van der Waals surface area contributed by atoms with Gasteiger partial charge in [0.1, 0.15) is 11.4 Å². The van der Waals surface area contributed by atoms with Crippen molar-refractivity contribution in [3.8, 4) is 11.8 Å². The van der Waals surface area contributed by atoms with Gasteiger partial charge in [0, 0.05) is 6.08 Å². The van der Waals surface area contributed by atoms with Gasteiger partial charge in [0.15, 0.2) is 0 Å².